The third kappa shape index (κ3) is 6.30. The van der Waals surface area contributed by atoms with Crippen LogP contribution < -0.4 is 40.0 Å². The largest absolute Gasteiger partial charge is 1.00 e. The van der Waals surface area contributed by atoms with E-state index in [1.54, 1.807) is 0 Å². The summed E-state index contributed by atoms with van der Waals surface area (Å²) in [6.07, 6.45) is 15.2. The van der Waals surface area contributed by atoms with E-state index in [1.165, 1.54) is 63.9 Å². The van der Waals surface area contributed by atoms with Crippen LogP contribution >= 0.6 is 0 Å². The van der Waals surface area contributed by atoms with E-state index >= 15 is 0 Å². The van der Waals surface area contributed by atoms with Gasteiger partial charge >= 0.3 is 35.7 Å². The van der Waals surface area contributed by atoms with E-state index in [0.717, 1.165) is 54.8 Å². The van der Waals surface area contributed by atoms with Crippen molar-refractivity contribution in [3.8, 4) is 0 Å². The summed E-state index contributed by atoms with van der Waals surface area (Å²) in [6.45, 7) is 13.7. The molecule has 0 unspecified atom stereocenters. The molecule has 0 heterocycles. The number of rotatable bonds is 8. The summed E-state index contributed by atoms with van der Waals surface area (Å²) in [4.78, 5) is 23.1. The van der Waals surface area contributed by atoms with Crippen molar-refractivity contribution < 1.29 is 49.0 Å². The van der Waals surface area contributed by atoms with Crippen molar-refractivity contribution in [3.63, 3.8) is 0 Å². The number of aliphatic carboxylic acids is 1. The van der Waals surface area contributed by atoms with E-state index in [1.807, 2.05) is 0 Å². The summed E-state index contributed by atoms with van der Waals surface area (Å²) in [7, 11) is 0. The molecule has 9 atom stereocenters. The van der Waals surface area contributed by atoms with Gasteiger partial charge in [0.15, 0.2) is 0 Å². The second-order valence-corrected chi connectivity index (χ2v) is 13.7. The summed E-state index contributed by atoms with van der Waals surface area (Å²) >= 11 is 0. The second kappa shape index (κ2) is 12.3. The Morgan fingerprint density at radius 2 is 1.78 bits per heavy atom. The number of hydrogen-bond acceptors (Lipinski definition) is 4. The number of carbonyl (C=O) groups is 2. The number of carboxylic acids is 1. The van der Waals surface area contributed by atoms with Crippen LogP contribution in [-0.2, 0) is 9.53 Å². The minimum atomic E-state index is -1.30. The van der Waals surface area contributed by atoms with Crippen LogP contribution in [-0.4, -0.2) is 24.2 Å². The quantitative estimate of drug-likeness (QED) is 0.391. The molecule has 204 valence electrons. The van der Waals surface area contributed by atoms with Crippen molar-refractivity contribution in [1.82, 2.24) is 5.32 Å². The molecule has 1 amide bonds. The number of allylic oxidation sites excluding steroid dienone is 1. The standard InChI is InChI=1S/C31H51NO4.Na/c1-19(2)8-7-9-20(3)25-12-13-26-24-11-10-22-18-23(36-29(35)32-21(4)28(33)34)14-16-30(22,5)27(24)15-17-31(25,26)6;/h10,19-21,23-27H,7-9,11-18H2,1-6H3,(H,32,35)(H,33,34);/q;+1/p-1/t20-,21+,23+,24+,25-,26+,27+,30+,31-;/m1./s1. The third-order valence-corrected chi connectivity index (χ3v) is 11.2. The Bertz CT molecular complexity index is 858. The molecule has 0 aliphatic heterocycles. The molecule has 4 rings (SSSR count). The first-order chi connectivity index (χ1) is 17.0. The first-order valence-corrected chi connectivity index (χ1v) is 14.8. The molecule has 0 bridgehead atoms. The molecular weight excluding hydrogens is 473 g/mol. The number of carboxylic acid groups (broad SMARTS) is 1. The Balaban J connectivity index is 0.00000380. The minimum Gasteiger partial charge on any atom is -0.548 e. The SMILES string of the molecule is CC(C)CCC[C@@H](C)[C@H]1CC[C@H]2[C@@H]3CC=C4C[C@@H](OC(=O)N[C@@H](C)C(=O)[O-])CC[C@]4(C)[C@H]3CC[C@]12C.[Na+]. The van der Waals surface area contributed by atoms with Crippen molar-refractivity contribution >= 4 is 12.1 Å². The fourth-order valence-corrected chi connectivity index (χ4v) is 9.17. The van der Waals surface area contributed by atoms with Crippen molar-refractivity contribution in [1.29, 1.82) is 0 Å². The van der Waals surface area contributed by atoms with Crippen molar-refractivity contribution in [2.24, 2.45) is 46.3 Å². The molecule has 0 spiro atoms. The van der Waals surface area contributed by atoms with Gasteiger partial charge in [-0.15, -0.1) is 0 Å². The van der Waals surface area contributed by atoms with Gasteiger partial charge in [0.25, 0.3) is 0 Å². The summed E-state index contributed by atoms with van der Waals surface area (Å²) in [5.74, 6) is 3.58. The van der Waals surface area contributed by atoms with Gasteiger partial charge in [-0.3, -0.25) is 0 Å². The van der Waals surface area contributed by atoms with Crippen LogP contribution in [0.25, 0.3) is 0 Å². The van der Waals surface area contributed by atoms with Crippen molar-refractivity contribution in [3.05, 3.63) is 11.6 Å². The number of amides is 1. The number of hydrogen-bond donors (Lipinski definition) is 1. The Hall–Kier alpha value is -0.520. The molecule has 3 saturated carbocycles. The number of fused-ring (bicyclic) bond motifs is 5. The van der Waals surface area contributed by atoms with E-state index in [0.29, 0.717) is 5.41 Å². The minimum absolute atomic E-state index is 0. The van der Waals surface area contributed by atoms with Crippen LogP contribution in [0.3, 0.4) is 0 Å². The molecule has 4 aliphatic rings. The van der Waals surface area contributed by atoms with E-state index in [9.17, 15) is 14.7 Å². The number of ether oxygens (including phenoxy) is 1. The number of nitrogens with one attached hydrogen (secondary N) is 1. The number of carbonyl (C=O) groups excluding carboxylic acids is 2. The predicted octanol–water partition coefficient (Wildman–Crippen LogP) is 3.27. The van der Waals surface area contributed by atoms with Crippen LogP contribution in [0, 0.1) is 46.3 Å². The van der Waals surface area contributed by atoms with Crippen LogP contribution in [0.1, 0.15) is 112 Å². The molecule has 0 radical (unpaired) electrons. The zero-order chi connectivity index (χ0) is 26.3. The van der Waals surface area contributed by atoms with Crippen molar-refractivity contribution in [2.75, 3.05) is 0 Å². The summed E-state index contributed by atoms with van der Waals surface area (Å²) in [5, 5.41) is 13.3. The van der Waals surface area contributed by atoms with Gasteiger partial charge < -0.3 is 20.0 Å². The van der Waals surface area contributed by atoms with E-state index in [4.69, 9.17) is 4.74 Å². The molecule has 37 heavy (non-hydrogen) atoms. The molecular formula is C31H50NNaO4. The Labute approximate surface area is 247 Å². The summed E-state index contributed by atoms with van der Waals surface area (Å²) in [6, 6.07) is -1.05. The van der Waals surface area contributed by atoms with Crippen LogP contribution in [0.15, 0.2) is 11.6 Å². The molecule has 5 nitrogen and oxygen atoms in total. The summed E-state index contributed by atoms with van der Waals surface area (Å²) < 4.78 is 5.63. The average Bonchev–Trinajstić information content (AvgIpc) is 3.16. The fraction of sp³-hybridized carbons (Fsp3) is 0.871. The van der Waals surface area contributed by atoms with Crippen LogP contribution in [0.4, 0.5) is 4.79 Å². The molecule has 0 aromatic carbocycles. The maximum absolute atomic E-state index is 12.2. The van der Waals surface area contributed by atoms with E-state index in [-0.39, 0.29) is 41.1 Å². The van der Waals surface area contributed by atoms with Crippen LogP contribution in [0.5, 0.6) is 0 Å². The fourth-order valence-electron chi connectivity index (χ4n) is 9.17. The molecule has 6 heteroatoms. The smallest absolute Gasteiger partial charge is 0.548 e. The average molecular weight is 524 g/mol. The first kappa shape index (κ1) is 31.0. The molecule has 4 aliphatic carbocycles. The Kier molecular flexibility index (Phi) is 10.3. The van der Waals surface area contributed by atoms with Gasteiger partial charge in [0, 0.05) is 6.42 Å². The van der Waals surface area contributed by atoms with E-state index < -0.39 is 18.1 Å². The van der Waals surface area contributed by atoms with Gasteiger partial charge in [0.05, 0.1) is 12.0 Å². The molecule has 0 aromatic rings. The first-order valence-electron chi connectivity index (χ1n) is 14.8. The Morgan fingerprint density at radius 3 is 2.46 bits per heavy atom. The maximum Gasteiger partial charge on any atom is 1.00 e. The van der Waals surface area contributed by atoms with Gasteiger partial charge in [-0.1, -0.05) is 65.5 Å². The monoisotopic (exact) mass is 523 g/mol. The van der Waals surface area contributed by atoms with Gasteiger partial charge in [-0.2, -0.15) is 0 Å². The molecule has 3 fully saturated rings. The zero-order valence-corrected chi connectivity index (χ0v) is 26.6. The zero-order valence-electron chi connectivity index (χ0n) is 24.6. The van der Waals surface area contributed by atoms with Gasteiger partial charge in [-0.25, -0.2) is 4.79 Å². The van der Waals surface area contributed by atoms with Crippen LogP contribution in [0.2, 0.25) is 0 Å². The van der Waals surface area contributed by atoms with Gasteiger partial charge in [0.1, 0.15) is 6.10 Å². The van der Waals surface area contributed by atoms with E-state index in [2.05, 4.69) is 46.0 Å². The molecule has 1 N–H and O–H groups in total. The summed E-state index contributed by atoms with van der Waals surface area (Å²) in [5.41, 5.74) is 2.18. The maximum atomic E-state index is 12.2. The molecule has 0 aromatic heterocycles. The van der Waals surface area contributed by atoms with Gasteiger partial charge in [-0.05, 0) is 98.2 Å². The predicted molar refractivity (Wildman–Crippen MR) is 141 cm³/mol. The van der Waals surface area contributed by atoms with Crippen molar-refractivity contribution in [2.45, 2.75) is 124 Å². The molecule has 0 saturated heterocycles. The van der Waals surface area contributed by atoms with Gasteiger partial charge in [0.2, 0.25) is 0 Å². The number of alkyl carbamates (subject to hydrolysis) is 1. The topological polar surface area (TPSA) is 78.5 Å². The normalized spacial score (nSPS) is 38.2. The Morgan fingerprint density at radius 1 is 1.05 bits per heavy atom. The third-order valence-electron chi connectivity index (χ3n) is 11.2. The second-order valence-electron chi connectivity index (χ2n) is 13.7.